The first-order chi connectivity index (χ1) is 9.47. The van der Waals surface area contributed by atoms with Gasteiger partial charge in [-0.1, -0.05) is 27.2 Å². The number of aliphatic hydroxyl groups is 1. The summed E-state index contributed by atoms with van der Waals surface area (Å²) in [5.41, 5.74) is -0.121. The van der Waals surface area contributed by atoms with Crippen LogP contribution in [0.2, 0.25) is 0 Å². The van der Waals surface area contributed by atoms with E-state index in [0.29, 0.717) is 5.92 Å². The van der Waals surface area contributed by atoms with Crippen LogP contribution in [0.3, 0.4) is 0 Å². The molecule has 1 atom stereocenters. The number of aliphatic hydroxyl groups excluding tert-OH is 1. The van der Waals surface area contributed by atoms with Crippen LogP contribution in [-0.2, 0) is 4.74 Å². The van der Waals surface area contributed by atoms with Crippen LogP contribution in [0.25, 0.3) is 0 Å². The number of nitrogens with one attached hydrogen (secondary N) is 1. The average molecular weight is 288 g/mol. The zero-order valence-electron chi connectivity index (χ0n) is 14.2. The second-order valence-electron chi connectivity index (χ2n) is 6.39. The average Bonchev–Trinajstić information content (AvgIpc) is 2.40. The molecule has 0 fully saturated rings. The highest BCUT2D eigenvalue weighted by atomic mass is 16.5. The molecule has 0 amide bonds. The summed E-state index contributed by atoms with van der Waals surface area (Å²) in [5.74, 6) is 0.691. The summed E-state index contributed by atoms with van der Waals surface area (Å²) in [5, 5.41) is 12.9. The summed E-state index contributed by atoms with van der Waals surface area (Å²) in [6, 6.07) is 0. The SMILES string of the molecule is CCNC(C)(CO)CCCCN(CCOC)CC(C)C. The standard InChI is InChI=1S/C16H36N2O2/c1-6-17-16(4,14-19)9-7-8-10-18(11-12-20-5)13-15(2)3/h15,17,19H,6-14H2,1-5H3. The van der Waals surface area contributed by atoms with E-state index >= 15 is 0 Å². The molecule has 0 rings (SSSR count). The Morgan fingerprint density at radius 1 is 1.25 bits per heavy atom. The van der Waals surface area contributed by atoms with Gasteiger partial charge in [-0.3, -0.25) is 0 Å². The number of likely N-dealkylation sites (N-methyl/N-ethyl adjacent to an activating group) is 1. The first-order valence-electron chi connectivity index (χ1n) is 8.04. The third-order valence-corrected chi connectivity index (χ3v) is 3.64. The fourth-order valence-corrected chi connectivity index (χ4v) is 2.53. The number of ether oxygens (including phenoxy) is 1. The number of methoxy groups -OCH3 is 1. The molecule has 2 N–H and O–H groups in total. The van der Waals surface area contributed by atoms with Gasteiger partial charge >= 0.3 is 0 Å². The Morgan fingerprint density at radius 3 is 2.45 bits per heavy atom. The van der Waals surface area contributed by atoms with Gasteiger partial charge in [0.05, 0.1) is 13.2 Å². The predicted octanol–water partition coefficient (Wildman–Crippen LogP) is 2.12. The number of unbranched alkanes of at least 4 members (excludes halogenated alkanes) is 1. The Labute approximate surface area is 125 Å². The third kappa shape index (κ3) is 9.70. The van der Waals surface area contributed by atoms with E-state index in [0.717, 1.165) is 45.6 Å². The van der Waals surface area contributed by atoms with Crippen LogP contribution in [0.1, 0.15) is 47.0 Å². The van der Waals surface area contributed by atoms with Gasteiger partial charge in [-0.2, -0.15) is 0 Å². The largest absolute Gasteiger partial charge is 0.394 e. The van der Waals surface area contributed by atoms with Crippen molar-refractivity contribution in [1.29, 1.82) is 0 Å². The minimum atomic E-state index is -0.121. The zero-order valence-corrected chi connectivity index (χ0v) is 14.2. The van der Waals surface area contributed by atoms with Crippen molar-refractivity contribution in [2.24, 2.45) is 5.92 Å². The van der Waals surface area contributed by atoms with E-state index in [4.69, 9.17) is 4.74 Å². The van der Waals surface area contributed by atoms with E-state index in [1.165, 1.54) is 6.42 Å². The predicted molar refractivity (Wildman–Crippen MR) is 86.2 cm³/mol. The highest BCUT2D eigenvalue weighted by Crippen LogP contribution is 2.13. The summed E-state index contributed by atoms with van der Waals surface area (Å²) < 4.78 is 5.18. The maximum Gasteiger partial charge on any atom is 0.0610 e. The van der Waals surface area contributed by atoms with Gasteiger partial charge in [0.15, 0.2) is 0 Å². The number of rotatable bonds is 13. The second kappa shape index (κ2) is 11.5. The van der Waals surface area contributed by atoms with E-state index in [2.05, 4.69) is 37.9 Å². The molecule has 0 aromatic heterocycles. The molecule has 0 aliphatic heterocycles. The lowest BCUT2D eigenvalue weighted by Crippen LogP contribution is -2.45. The maximum absolute atomic E-state index is 9.47. The highest BCUT2D eigenvalue weighted by molar-refractivity contribution is 4.81. The van der Waals surface area contributed by atoms with Gasteiger partial charge in [-0.05, 0) is 38.8 Å². The van der Waals surface area contributed by atoms with E-state index in [9.17, 15) is 5.11 Å². The molecule has 0 aliphatic rings. The molecular formula is C16H36N2O2. The van der Waals surface area contributed by atoms with Crippen LogP contribution in [0.15, 0.2) is 0 Å². The lowest BCUT2D eigenvalue weighted by atomic mass is 9.95. The third-order valence-electron chi connectivity index (χ3n) is 3.64. The molecule has 122 valence electrons. The molecule has 0 saturated heterocycles. The van der Waals surface area contributed by atoms with Crippen molar-refractivity contribution >= 4 is 0 Å². The minimum absolute atomic E-state index is 0.121. The van der Waals surface area contributed by atoms with Gasteiger partial charge in [0, 0.05) is 25.7 Å². The van der Waals surface area contributed by atoms with Crippen LogP contribution < -0.4 is 5.32 Å². The molecule has 0 radical (unpaired) electrons. The lowest BCUT2D eigenvalue weighted by Gasteiger charge is -2.29. The first-order valence-corrected chi connectivity index (χ1v) is 8.04. The van der Waals surface area contributed by atoms with Gasteiger partial charge in [0.2, 0.25) is 0 Å². The number of hydrogen-bond donors (Lipinski definition) is 2. The molecule has 0 spiro atoms. The van der Waals surface area contributed by atoms with Gasteiger partial charge in [-0.25, -0.2) is 0 Å². The van der Waals surface area contributed by atoms with Crippen LogP contribution in [0.5, 0.6) is 0 Å². The van der Waals surface area contributed by atoms with Crippen molar-refractivity contribution in [3.05, 3.63) is 0 Å². The number of hydrogen-bond acceptors (Lipinski definition) is 4. The van der Waals surface area contributed by atoms with Crippen molar-refractivity contribution in [3.63, 3.8) is 0 Å². The minimum Gasteiger partial charge on any atom is -0.394 e. The van der Waals surface area contributed by atoms with E-state index in [1.807, 2.05) is 0 Å². The summed E-state index contributed by atoms with van der Waals surface area (Å²) in [7, 11) is 1.76. The monoisotopic (exact) mass is 288 g/mol. The molecule has 20 heavy (non-hydrogen) atoms. The second-order valence-corrected chi connectivity index (χ2v) is 6.39. The van der Waals surface area contributed by atoms with Crippen molar-refractivity contribution in [1.82, 2.24) is 10.2 Å². The Morgan fingerprint density at radius 2 is 1.95 bits per heavy atom. The molecule has 1 unspecified atom stereocenters. The Balaban J connectivity index is 3.97. The molecule has 0 aromatic rings. The van der Waals surface area contributed by atoms with Crippen molar-refractivity contribution in [2.45, 2.75) is 52.5 Å². The molecule has 0 aromatic carbocycles. The Kier molecular flexibility index (Phi) is 11.4. The van der Waals surface area contributed by atoms with Crippen molar-refractivity contribution in [2.75, 3.05) is 46.5 Å². The summed E-state index contributed by atoms with van der Waals surface area (Å²) in [4.78, 5) is 2.48. The van der Waals surface area contributed by atoms with Gasteiger partial charge in [0.25, 0.3) is 0 Å². The van der Waals surface area contributed by atoms with Gasteiger partial charge in [-0.15, -0.1) is 0 Å². The highest BCUT2D eigenvalue weighted by Gasteiger charge is 2.21. The van der Waals surface area contributed by atoms with E-state index in [-0.39, 0.29) is 12.1 Å². The first kappa shape index (κ1) is 19.8. The molecule has 4 nitrogen and oxygen atoms in total. The summed E-state index contributed by atoms with van der Waals surface area (Å²) >= 11 is 0. The Hall–Kier alpha value is -0.160. The summed E-state index contributed by atoms with van der Waals surface area (Å²) in [6.07, 6.45) is 3.35. The normalized spacial score (nSPS) is 15.0. The Bertz CT molecular complexity index is 225. The van der Waals surface area contributed by atoms with Crippen LogP contribution in [0.4, 0.5) is 0 Å². The molecule has 0 bridgehead atoms. The van der Waals surface area contributed by atoms with Crippen molar-refractivity contribution in [3.8, 4) is 0 Å². The fourth-order valence-electron chi connectivity index (χ4n) is 2.53. The zero-order chi connectivity index (χ0) is 15.4. The van der Waals surface area contributed by atoms with Gasteiger partial charge < -0.3 is 20.1 Å². The maximum atomic E-state index is 9.47. The fraction of sp³-hybridized carbons (Fsp3) is 1.00. The quantitative estimate of drug-likeness (QED) is 0.510. The van der Waals surface area contributed by atoms with Gasteiger partial charge in [0.1, 0.15) is 0 Å². The molecule has 4 heteroatoms. The number of nitrogens with zero attached hydrogens (tertiary/aromatic N) is 1. The topological polar surface area (TPSA) is 44.7 Å². The molecule has 0 heterocycles. The molecule has 0 saturated carbocycles. The van der Waals surface area contributed by atoms with E-state index in [1.54, 1.807) is 7.11 Å². The van der Waals surface area contributed by atoms with Crippen LogP contribution in [-0.4, -0.2) is 62.0 Å². The smallest absolute Gasteiger partial charge is 0.0610 e. The summed E-state index contributed by atoms with van der Waals surface area (Å²) in [6.45, 7) is 13.9. The molecule has 0 aliphatic carbocycles. The van der Waals surface area contributed by atoms with Crippen LogP contribution in [0, 0.1) is 5.92 Å². The van der Waals surface area contributed by atoms with Crippen molar-refractivity contribution < 1.29 is 9.84 Å². The lowest BCUT2D eigenvalue weighted by molar-refractivity contribution is 0.135. The van der Waals surface area contributed by atoms with E-state index < -0.39 is 0 Å². The van der Waals surface area contributed by atoms with Crippen LogP contribution >= 0.6 is 0 Å². The molecular weight excluding hydrogens is 252 g/mol.